The van der Waals surface area contributed by atoms with Crippen LogP contribution >= 0.6 is 0 Å². The molecule has 0 radical (unpaired) electrons. The average Bonchev–Trinajstić information content (AvgIpc) is 2.42. The van der Waals surface area contributed by atoms with Gasteiger partial charge >= 0.3 is 0 Å². The highest BCUT2D eigenvalue weighted by molar-refractivity contribution is 7.86. The molecular weight excluding hydrogens is 276 g/mol. The third-order valence-electron chi connectivity index (χ3n) is 3.51. The molecule has 20 heavy (non-hydrogen) atoms. The third kappa shape index (κ3) is 3.38. The second-order valence-corrected chi connectivity index (χ2v) is 7.45. The van der Waals surface area contributed by atoms with Crippen LogP contribution in [-0.2, 0) is 21.4 Å². The van der Waals surface area contributed by atoms with Crippen LogP contribution in [0.15, 0.2) is 30.3 Å². The van der Waals surface area contributed by atoms with E-state index >= 15 is 0 Å². The Kier molecular flexibility index (Phi) is 4.80. The van der Waals surface area contributed by atoms with Gasteiger partial charge in [-0.2, -0.15) is 17.0 Å². The van der Waals surface area contributed by atoms with Gasteiger partial charge in [0.2, 0.25) is 0 Å². The van der Waals surface area contributed by atoms with E-state index in [4.69, 9.17) is 4.74 Å². The molecule has 0 amide bonds. The summed E-state index contributed by atoms with van der Waals surface area (Å²) in [5, 5.41) is 0. The quantitative estimate of drug-likeness (QED) is 0.837. The second-order valence-electron chi connectivity index (χ2n) is 5.35. The van der Waals surface area contributed by atoms with Crippen molar-refractivity contribution in [3.63, 3.8) is 0 Å². The van der Waals surface area contributed by atoms with E-state index in [-0.39, 0.29) is 12.1 Å². The molecule has 2 rings (SSSR count). The first-order valence-electron chi connectivity index (χ1n) is 6.76. The molecule has 0 aliphatic carbocycles. The van der Waals surface area contributed by atoms with Crippen LogP contribution < -0.4 is 0 Å². The molecule has 1 heterocycles. The van der Waals surface area contributed by atoms with Crippen LogP contribution in [0.25, 0.3) is 0 Å². The Morgan fingerprint density at radius 3 is 2.55 bits per heavy atom. The highest BCUT2D eigenvalue weighted by Gasteiger charge is 2.35. The maximum atomic E-state index is 12.3. The Labute approximate surface area is 121 Å². The maximum absolute atomic E-state index is 12.3. The van der Waals surface area contributed by atoms with Gasteiger partial charge in [0.25, 0.3) is 10.2 Å². The summed E-state index contributed by atoms with van der Waals surface area (Å²) in [5.74, 6) is 0. The van der Waals surface area contributed by atoms with E-state index in [1.165, 1.54) is 8.61 Å². The molecule has 0 spiro atoms. The number of nitrogens with zero attached hydrogens (tertiary/aromatic N) is 2. The largest absolute Gasteiger partial charge is 0.375 e. The fourth-order valence-electron chi connectivity index (χ4n) is 2.32. The van der Waals surface area contributed by atoms with Gasteiger partial charge in [-0.25, -0.2) is 0 Å². The van der Waals surface area contributed by atoms with Gasteiger partial charge in [0.05, 0.1) is 12.7 Å². The molecule has 1 aliphatic heterocycles. The van der Waals surface area contributed by atoms with Crippen molar-refractivity contribution in [2.24, 2.45) is 0 Å². The SMILES string of the molecule is CC1COC(Cc2ccccc2)CN1S(=O)(=O)N(C)C. The van der Waals surface area contributed by atoms with Crippen molar-refractivity contribution < 1.29 is 13.2 Å². The zero-order chi connectivity index (χ0) is 14.8. The van der Waals surface area contributed by atoms with Crippen molar-refractivity contribution >= 4 is 10.2 Å². The predicted octanol–water partition coefficient (Wildman–Crippen LogP) is 1.12. The number of benzene rings is 1. The van der Waals surface area contributed by atoms with Gasteiger partial charge in [0.1, 0.15) is 0 Å². The van der Waals surface area contributed by atoms with Gasteiger partial charge in [0, 0.05) is 26.7 Å². The highest BCUT2D eigenvalue weighted by atomic mass is 32.2. The standard InChI is InChI=1S/C14H22N2O3S/c1-12-11-19-14(9-13-7-5-4-6-8-13)10-16(12)20(17,18)15(2)3/h4-8,12,14H,9-11H2,1-3H3. The molecule has 1 aliphatic rings. The second kappa shape index (κ2) is 6.22. The van der Waals surface area contributed by atoms with Crippen molar-refractivity contribution in [1.82, 2.24) is 8.61 Å². The molecule has 2 atom stereocenters. The summed E-state index contributed by atoms with van der Waals surface area (Å²) in [6.07, 6.45) is 0.635. The first kappa shape index (κ1) is 15.4. The summed E-state index contributed by atoms with van der Waals surface area (Å²) < 4.78 is 33.1. The van der Waals surface area contributed by atoms with Gasteiger partial charge in [-0.3, -0.25) is 0 Å². The lowest BCUT2D eigenvalue weighted by Crippen LogP contribution is -2.54. The van der Waals surface area contributed by atoms with E-state index in [9.17, 15) is 8.42 Å². The Hall–Kier alpha value is -0.950. The zero-order valence-electron chi connectivity index (χ0n) is 12.2. The molecule has 0 bridgehead atoms. The predicted molar refractivity (Wildman–Crippen MR) is 78.7 cm³/mol. The number of hydrogen-bond donors (Lipinski definition) is 0. The van der Waals surface area contributed by atoms with Gasteiger partial charge in [-0.05, 0) is 18.9 Å². The number of morpholine rings is 1. The van der Waals surface area contributed by atoms with E-state index < -0.39 is 10.2 Å². The van der Waals surface area contributed by atoms with E-state index in [2.05, 4.69) is 0 Å². The average molecular weight is 298 g/mol. The maximum Gasteiger partial charge on any atom is 0.281 e. The molecule has 1 aromatic carbocycles. The molecule has 6 heteroatoms. The molecule has 0 saturated carbocycles. The highest BCUT2D eigenvalue weighted by Crippen LogP contribution is 2.19. The van der Waals surface area contributed by atoms with Crippen LogP contribution in [0.4, 0.5) is 0 Å². The summed E-state index contributed by atoms with van der Waals surface area (Å²) in [7, 11) is -0.269. The van der Waals surface area contributed by atoms with Crippen molar-refractivity contribution in [1.29, 1.82) is 0 Å². The summed E-state index contributed by atoms with van der Waals surface area (Å²) in [5.41, 5.74) is 1.16. The van der Waals surface area contributed by atoms with E-state index in [0.29, 0.717) is 13.2 Å². The Balaban J connectivity index is 2.09. The minimum absolute atomic E-state index is 0.0941. The van der Waals surface area contributed by atoms with Crippen molar-refractivity contribution in [2.75, 3.05) is 27.2 Å². The summed E-state index contributed by atoms with van der Waals surface area (Å²) >= 11 is 0. The van der Waals surface area contributed by atoms with Crippen LogP contribution in [0.1, 0.15) is 12.5 Å². The van der Waals surface area contributed by atoms with Crippen molar-refractivity contribution in [2.45, 2.75) is 25.5 Å². The number of hydrogen-bond acceptors (Lipinski definition) is 3. The van der Waals surface area contributed by atoms with Crippen LogP contribution in [0, 0.1) is 0 Å². The molecule has 5 nitrogen and oxygen atoms in total. The third-order valence-corrected chi connectivity index (χ3v) is 5.54. The minimum atomic E-state index is -3.39. The van der Waals surface area contributed by atoms with E-state index in [1.54, 1.807) is 14.1 Å². The lowest BCUT2D eigenvalue weighted by Gasteiger charge is -2.38. The normalized spacial score (nSPS) is 25.0. The topological polar surface area (TPSA) is 49.9 Å². The Morgan fingerprint density at radius 2 is 1.95 bits per heavy atom. The van der Waals surface area contributed by atoms with Crippen LogP contribution in [-0.4, -0.2) is 56.4 Å². The summed E-state index contributed by atoms with van der Waals surface area (Å²) in [4.78, 5) is 0. The molecule has 1 saturated heterocycles. The lowest BCUT2D eigenvalue weighted by molar-refractivity contribution is -0.0279. The zero-order valence-corrected chi connectivity index (χ0v) is 13.0. The molecule has 1 aromatic rings. The lowest BCUT2D eigenvalue weighted by atomic mass is 10.1. The summed E-state index contributed by atoms with van der Waals surface area (Å²) in [6, 6.07) is 9.87. The van der Waals surface area contributed by atoms with Crippen molar-refractivity contribution in [3.05, 3.63) is 35.9 Å². The first-order chi connectivity index (χ1) is 9.41. The van der Waals surface area contributed by atoms with Gasteiger partial charge < -0.3 is 4.74 Å². The Morgan fingerprint density at radius 1 is 1.30 bits per heavy atom. The van der Waals surface area contributed by atoms with E-state index in [0.717, 1.165) is 12.0 Å². The smallest absolute Gasteiger partial charge is 0.281 e. The number of rotatable bonds is 4. The van der Waals surface area contributed by atoms with Crippen LogP contribution in [0.5, 0.6) is 0 Å². The molecule has 1 fully saturated rings. The molecule has 2 unspecified atom stereocenters. The van der Waals surface area contributed by atoms with Crippen molar-refractivity contribution in [3.8, 4) is 0 Å². The molecule has 112 valence electrons. The van der Waals surface area contributed by atoms with Gasteiger partial charge in [0.15, 0.2) is 0 Å². The monoisotopic (exact) mass is 298 g/mol. The molecular formula is C14H22N2O3S. The van der Waals surface area contributed by atoms with Gasteiger partial charge in [-0.15, -0.1) is 0 Å². The van der Waals surface area contributed by atoms with Crippen LogP contribution in [0.2, 0.25) is 0 Å². The first-order valence-corrected chi connectivity index (χ1v) is 8.16. The fourth-order valence-corrected chi connectivity index (χ4v) is 3.61. The fraction of sp³-hybridized carbons (Fsp3) is 0.571. The van der Waals surface area contributed by atoms with Crippen LogP contribution in [0.3, 0.4) is 0 Å². The summed E-state index contributed by atoms with van der Waals surface area (Å²) in [6.45, 7) is 2.71. The minimum Gasteiger partial charge on any atom is -0.375 e. The van der Waals surface area contributed by atoms with Gasteiger partial charge in [-0.1, -0.05) is 30.3 Å². The Bertz CT molecular complexity index is 531. The van der Waals surface area contributed by atoms with E-state index in [1.807, 2.05) is 37.3 Å². The molecule has 0 N–H and O–H groups in total. The molecule has 0 aromatic heterocycles. The number of ether oxygens (including phenoxy) is 1.